The molecular weight excluding hydrogens is 387 g/mol. The highest BCUT2D eigenvalue weighted by atomic mass is 35.5. The van der Waals surface area contributed by atoms with E-state index in [-0.39, 0.29) is 22.0 Å². The van der Waals surface area contributed by atoms with E-state index in [0.29, 0.717) is 16.9 Å². The van der Waals surface area contributed by atoms with Crippen molar-refractivity contribution >= 4 is 23.2 Å². The summed E-state index contributed by atoms with van der Waals surface area (Å²) in [6.45, 7) is 4.35. The number of aromatic nitrogens is 2. The van der Waals surface area contributed by atoms with Gasteiger partial charge in [0.15, 0.2) is 5.82 Å². The Morgan fingerprint density at radius 2 is 2.04 bits per heavy atom. The molecule has 10 heteroatoms. The first-order valence-electron chi connectivity index (χ1n) is 6.64. The molecule has 0 fully saturated rings. The maximum absolute atomic E-state index is 14.4. The van der Waals surface area contributed by atoms with Gasteiger partial charge in [-0.2, -0.15) is 23.0 Å². The van der Waals surface area contributed by atoms with Gasteiger partial charge in [-0.05, 0) is 13.0 Å². The standard InChI is InChI=1S/C15H10Cl2F4N2O2/c1-6(16)3-8-12(11(18)4-10(17)13(8)24)23-14(25)7(2)9(5-22-23)15(19,20)21/h4-5,24H,1,3H2,2H3. The van der Waals surface area contributed by atoms with Crippen molar-refractivity contribution in [3.63, 3.8) is 0 Å². The van der Waals surface area contributed by atoms with Crippen molar-refractivity contribution in [3.8, 4) is 11.4 Å². The second-order valence-electron chi connectivity index (χ2n) is 5.11. The van der Waals surface area contributed by atoms with Crippen LogP contribution in [-0.4, -0.2) is 14.9 Å². The predicted molar refractivity (Wildman–Crippen MR) is 84.9 cm³/mol. The Morgan fingerprint density at radius 1 is 1.44 bits per heavy atom. The Bertz CT molecular complexity index is 923. The van der Waals surface area contributed by atoms with Crippen LogP contribution in [0, 0.1) is 12.7 Å². The summed E-state index contributed by atoms with van der Waals surface area (Å²) in [6.07, 6.45) is -4.67. The second-order valence-corrected chi connectivity index (χ2v) is 6.05. The van der Waals surface area contributed by atoms with E-state index < -0.39 is 40.1 Å². The maximum Gasteiger partial charge on any atom is 0.418 e. The molecule has 134 valence electrons. The molecule has 2 aromatic rings. The van der Waals surface area contributed by atoms with Crippen LogP contribution in [0.3, 0.4) is 0 Å². The van der Waals surface area contributed by atoms with Crippen molar-refractivity contribution in [2.75, 3.05) is 0 Å². The minimum atomic E-state index is -4.79. The van der Waals surface area contributed by atoms with Crippen LogP contribution in [0.5, 0.6) is 5.75 Å². The molecule has 0 bridgehead atoms. The molecule has 0 amide bonds. The number of aromatic hydroxyl groups is 1. The summed E-state index contributed by atoms with van der Waals surface area (Å²) in [5.74, 6) is -1.64. The molecule has 4 nitrogen and oxygen atoms in total. The van der Waals surface area contributed by atoms with E-state index >= 15 is 0 Å². The average molecular weight is 397 g/mol. The Morgan fingerprint density at radius 3 is 2.56 bits per heavy atom. The van der Waals surface area contributed by atoms with Crippen molar-refractivity contribution in [1.82, 2.24) is 9.78 Å². The van der Waals surface area contributed by atoms with Crippen LogP contribution >= 0.6 is 23.2 Å². The third-order valence-corrected chi connectivity index (χ3v) is 3.80. The van der Waals surface area contributed by atoms with Crippen molar-refractivity contribution in [2.24, 2.45) is 0 Å². The van der Waals surface area contributed by atoms with Gasteiger partial charge < -0.3 is 5.11 Å². The Kier molecular flexibility index (Phi) is 5.15. The van der Waals surface area contributed by atoms with Crippen LogP contribution in [-0.2, 0) is 12.6 Å². The monoisotopic (exact) mass is 396 g/mol. The molecule has 0 unspecified atom stereocenters. The lowest BCUT2D eigenvalue weighted by atomic mass is 10.1. The smallest absolute Gasteiger partial charge is 0.418 e. The minimum Gasteiger partial charge on any atom is -0.506 e. The van der Waals surface area contributed by atoms with Gasteiger partial charge in [-0.1, -0.05) is 29.8 Å². The third-order valence-electron chi connectivity index (χ3n) is 3.38. The zero-order valence-electron chi connectivity index (χ0n) is 12.6. The number of allylic oxidation sites excluding steroid dienone is 1. The van der Waals surface area contributed by atoms with Gasteiger partial charge in [-0.3, -0.25) is 4.79 Å². The molecule has 0 aliphatic carbocycles. The highest BCUT2D eigenvalue weighted by Gasteiger charge is 2.35. The fourth-order valence-electron chi connectivity index (χ4n) is 2.22. The van der Waals surface area contributed by atoms with E-state index in [1.165, 1.54) is 0 Å². The molecule has 0 saturated carbocycles. The highest BCUT2D eigenvalue weighted by molar-refractivity contribution is 6.32. The first kappa shape index (κ1) is 19.3. The largest absolute Gasteiger partial charge is 0.506 e. The minimum absolute atomic E-state index is 0.0186. The summed E-state index contributed by atoms with van der Waals surface area (Å²) < 4.78 is 53.4. The Labute approximate surface area is 148 Å². The summed E-state index contributed by atoms with van der Waals surface area (Å²) in [4.78, 5) is 12.3. The van der Waals surface area contributed by atoms with Crippen molar-refractivity contribution in [1.29, 1.82) is 0 Å². The molecule has 0 atom stereocenters. The lowest BCUT2D eigenvalue weighted by Gasteiger charge is -2.16. The van der Waals surface area contributed by atoms with Gasteiger partial charge in [-0.25, -0.2) is 4.39 Å². The number of alkyl halides is 3. The molecule has 0 radical (unpaired) electrons. The van der Waals surface area contributed by atoms with Crippen molar-refractivity contribution in [2.45, 2.75) is 19.5 Å². The molecule has 1 aromatic heterocycles. The summed E-state index contributed by atoms with van der Waals surface area (Å²) in [5, 5.41) is 13.1. The quantitative estimate of drug-likeness (QED) is 0.784. The number of benzene rings is 1. The van der Waals surface area contributed by atoms with E-state index in [0.717, 1.165) is 6.92 Å². The fraction of sp³-hybridized carbons (Fsp3) is 0.200. The van der Waals surface area contributed by atoms with Crippen LogP contribution in [0.2, 0.25) is 5.02 Å². The number of halogens is 6. The van der Waals surface area contributed by atoms with E-state index in [9.17, 15) is 27.5 Å². The van der Waals surface area contributed by atoms with Crippen molar-refractivity contribution < 1.29 is 22.7 Å². The van der Waals surface area contributed by atoms with Crippen LogP contribution in [0.1, 0.15) is 16.7 Å². The van der Waals surface area contributed by atoms with Gasteiger partial charge in [0.1, 0.15) is 11.4 Å². The van der Waals surface area contributed by atoms with Gasteiger partial charge in [0, 0.05) is 22.6 Å². The number of rotatable bonds is 3. The van der Waals surface area contributed by atoms with E-state index in [1.54, 1.807) is 0 Å². The zero-order valence-corrected chi connectivity index (χ0v) is 14.1. The topological polar surface area (TPSA) is 55.1 Å². The van der Waals surface area contributed by atoms with Crippen LogP contribution < -0.4 is 5.56 Å². The van der Waals surface area contributed by atoms with Crippen LogP contribution in [0.25, 0.3) is 5.69 Å². The Balaban J connectivity index is 2.84. The predicted octanol–water partition coefficient (Wildman–Crippen LogP) is 4.35. The number of hydrogen-bond donors (Lipinski definition) is 1. The first-order chi connectivity index (χ1) is 11.4. The lowest BCUT2D eigenvalue weighted by molar-refractivity contribution is -0.138. The Hall–Kier alpha value is -2.06. The molecule has 2 rings (SSSR count). The number of nitrogens with zero attached hydrogens (tertiary/aromatic N) is 2. The summed E-state index contributed by atoms with van der Waals surface area (Å²) in [5.41, 5.74) is -3.89. The average Bonchev–Trinajstić information content (AvgIpc) is 2.46. The SMILES string of the molecule is C=C(Cl)Cc1c(O)c(Cl)cc(F)c1-n1ncc(C(F)(F)F)c(C)c1=O. The van der Waals surface area contributed by atoms with Crippen LogP contribution in [0.4, 0.5) is 17.6 Å². The van der Waals surface area contributed by atoms with Gasteiger partial charge >= 0.3 is 6.18 Å². The van der Waals surface area contributed by atoms with Gasteiger partial charge in [0.05, 0.1) is 16.8 Å². The summed E-state index contributed by atoms with van der Waals surface area (Å²) >= 11 is 11.4. The molecular formula is C15H10Cl2F4N2O2. The van der Waals surface area contributed by atoms with Gasteiger partial charge in [0.25, 0.3) is 5.56 Å². The first-order valence-corrected chi connectivity index (χ1v) is 7.40. The summed E-state index contributed by atoms with van der Waals surface area (Å²) in [6, 6.07) is 0.716. The van der Waals surface area contributed by atoms with Gasteiger partial charge in [0.2, 0.25) is 0 Å². The molecule has 1 aromatic carbocycles. The molecule has 0 saturated heterocycles. The van der Waals surface area contributed by atoms with Gasteiger partial charge in [-0.15, -0.1) is 0 Å². The van der Waals surface area contributed by atoms with Crippen molar-refractivity contribution in [3.05, 3.63) is 61.8 Å². The van der Waals surface area contributed by atoms with Crippen LogP contribution in [0.15, 0.2) is 28.7 Å². The lowest BCUT2D eigenvalue weighted by Crippen LogP contribution is -2.28. The molecule has 25 heavy (non-hydrogen) atoms. The van der Waals surface area contributed by atoms with E-state index in [4.69, 9.17) is 23.2 Å². The normalized spacial score (nSPS) is 11.6. The molecule has 1 N–H and O–H groups in total. The number of phenolic OH excluding ortho intramolecular Hbond substituents is 1. The van der Waals surface area contributed by atoms with E-state index in [2.05, 4.69) is 11.7 Å². The molecule has 1 heterocycles. The third kappa shape index (κ3) is 3.64. The highest BCUT2D eigenvalue weighted by Crippen LogP contribution is 2.36. The molecule has 0 spiro atoms. The molecule has 0 aliphatic heterocycles. The summed E-state index contributed by atoms with van der Waals surface area (Å²) in [7, 11) is 0. The maximum atomic E-state index is 14.4. The zero-order chi connectivity index (χ0) is 19.1. The number of hydrogen-bond acceptors (Lipinski definition) is 3. The number of phenols is 1. The van der Waals surface area contributed by atoms with E-state index in [1.807, 2.05) is 0 Å². The fourth-order valence-corrected chi connectivity index (χ4v) is 2.56. The molecule has 0 aliphatic rings. The second kappa shape index (κ2) is 6.68.